The van der Waals surface area contributed by atoms with Crippen molar-refractivity contribution in [2.75, 3.05) is 39.4 Å². The normalized spacial score (nSPS) is 32.8. The van der Waals surface area contributed by atoms with Crippen LogP contribution in [0.2, 0.25) is 0 Å². The van der Waals surface area contributed by atoms with Crippen LogP contribution in [0.1, 0.15) is 31.2 Å². The Morgan fingerprint density at radius 2 is 1.92 bits per heavy atom. The van der Waals surface area contributed by atoms with Crippen LogP contribution >= 0.6 is 0 Å². The van der Waals surface area contributed by atoms with Gasteiger partial charge in [0.05, 0.1) is 13.2 Å². The maximum Gasteiger partial charge on any atom is 0.226 e. The second-order valence-corrected chi connectivity index (χ2v) is 7.63. The van der Waals surface area contributed by atoms with Crippen LogP contribution in [0.4, 0.5) is 4.39 Å². The summed E-state index contributed by atoms with van der Waals surface area (Å²) in [5, 5.41) is 0. The second-order valence-electron chi connectivity index (χ2n) is 7.63. The first-order chi connectivity index (χ1) is 12.2. The average Bonchev–Trinajstić information content (AvgIpc) is 3.33. The molecule has 1 aromatic carbocycles. The Balaban J connectivity index is 1.39. The van der Waals surface area contributed by atoms with E-state index in [4.69, 9.17) is 4.74 Å². The van der Waals surface area contributed by atoms with Gasteiger partial charge in [0.25, 0.3) is 0 Å². The third-order valence-corrected chi connectivity index (χ3v) is 6.16. The fourth-order valence-electron chi connectivity index (χ4n) is 4.54. The molecule has 1 aliphatic carbocycles. The summed E-state index contributed by atoms with van der Waals surface area (Å²) in [6.45, 7) is 7.51. The smallest absolute Gasteiger partial charge is 0.226 e. The zero-order valence-corrected chi connectivity index (χ0v) is 14.9. The van der Waals surface area contributed by atoms with Crippen molar-refractivity contribution < 1.29 is 13.9 Å². The lowest BCUT2D eigenvalue weighted by molar-refractivity contribution is -0.132. The lowest BCUT2D eigenvalue weighted by Crippen LogP contribution is -2.47. The number of carbonyl (C=O) groups excluding carboxylic acids is 1. The molecular weight excluding hydrogens is 319 g/mol. The zero-order chi connectivity index (χ0) is 17.4. The molecule has 5 heteroatoms. The molecule has 1 aromatic rings. The average molecular weight is 346 g/mol. The van der Waals surface area contributed by atoms with Gasteiger partial charge < -0.3 is 9.64 Å². The number of rotatable bonds is 4. The van der Waals surface area contributed by atoms with E-state index in [-0.39, 0.29) is 17.7 Å². The van der Waals surface area contributed by atoms with E-state index in [1.54, 1.807) is 0 Å². The van der Waals surface area contributed by atoms with E-state index in [2.05, 4.69) is 16.7 Å². The van der Waals surface area contributed by atoms with Gasteiger partial charge in [-0.3, -0.25) is 9.69 Å². The fraction of sp³-hybridized carbons (Fsp3) is 0.650. The number of benzene rings is 1. The summed E-state index contributed by atoms with van der Waals surface area (Å²) in [5.74, 6) is 1.00. The van der Waals surface area contributed by atoms with Crippen molar-refractivity contribution in [3.63, 3.8) is 0 Å². The third kappa shape index (κ3) is 3.44. The first kappa shape index (κ1) is 17.0. The molecule has 0 radical (unpaired) electrons. The van der Waals surface area contributed by atoms with Gasteiger partial charge in [-0.1, -0.05) is 25.5 Å². The molecule has 2 heterocycles. The van der Waals surface area contributed by atoms with Crippen LogP contribution in [0, 0.1) is 17.7 Å². The van der Waals surface area contributed by atoms with Crippen molar-refractivity contribution in [1.29, 1.82) is 0 Å². The van der Waals surface area contributed by atoms with Gasteiger partial charge in [-0.2, -0.15) is 0 Å². The van der Waals surface area contributed by atoms with Gasteiger partial charge in [-0.15, -0.1) is 0 Å². The van der Waals surface area contributed by atoms with E-state index < -0.39 is 0 Å². The Morgan fingerprint density at radius 1 is 1.20 bits per heavy atom. The predicted octanol–water partition coefficient (Wildman–Crippen LogP) is 2.50. The molecule has 4 nitrogen and oxygen atoms in total. The lowest BCUT2D eigenvalue weighted by atomic mass is 9.99. The lowest BCUT2D eigenvalue weighted by Gasteiger charge is -2.34. The SMILES string of the molecule is CC[C@@H]1CN(C(=O)[C@@H]2C[C@H]2c2ccc(F)cc2)C[C@@H]1N1CCOCC1. The summed E-state index contributed by atoms with van der Waals surface area (Å²) in [6, 6.07) is 7.10. The van der Waals surface area contributed by atoms with Gasteiger partial charge >= 0.3 is 0 Å². The second kappa shape index (κ2) is 7.04. The van der Waals surface area contributed by atoms with Gasteiger partial charge in [0.2, 0.25) is 5.91 Å². The first-order valence-electron chi connectivity index (χ1n) is 9.53. The third-order valence-electron chi connectivity index (χ3n) is 6.16. The maximum absolute atomic E-state index is 13.1. The first-order valence-corrected chi connectivity index (χ1v) is 9.53. The van der Waals surface area contributed by atoms with Crippen molar-refractivity contribution >= 4 is 5.91 Å². The molecule has 3 fully saturated rings. The van der Waals surface area contributed by atoms with Crippen molar-refractivity contribution in [2.45, 2.75) is 31.7 Å². The highest BCUT2D eigenvalue weighted by molar-refractivity contribution is 5.83. The number of likely N-dealkylation sites (tertiary alicyclic amines) is 1. The molecule has 2 saturated heterocycles. The minimum absolute atomic E-state index is 0.0893. The van der Waals surface area contributed by atoms with Crippen LogP contribution in [0.25, 0.3) is 0 Å². The van der Waals surface area contributed by atoms with E-state index >= 15 is 0 Å². The van der Waals surface area contributed by atoms with Gasteiger partial charge in [0.15, 0.2) is 0 Å². The standard InChI is InChI=1S/C20H27FN2O2/c1-2-14-12-23(13-19(14)22-7-9-25-10-8-22)20(24)18-11-17(18)15-3-5-16(21)6-4-15/h3-6,14,17-19H,2,7-13H2,1H3/t14-,17+,18-,19+/m1/s1. The number of morpholine rings is 1. The summed E-state index contributed by atoms with van der Waals surface area (Å²) >= 11 is 0. The van der Waals surface area contributed by atoms with Crippen molar-refractivity contribution in [3.8, 4) is 0 Å². The van der Waals surface area contributed by atoms with Crippen LogP contribution in [-0.4, -0.2) is 61.1 Å². The Kier molecular flexibility index (Phi) is 4.78. The molecule has 0 aromatic heterocycles. The quantitative estimate of drug-likeness (QED) is 0.840. The monoisotopic (exact) mass is 346 g/mol. The molecule has 25 heavy (non-hydrogen) atoms. The summed E-state index contributed by atoms with van der Waals surface area (Å²) in [5.41, 5.74) is 1.09. The Labute approximate surface area is 148 Å². The number of amides is 1. The molecule has 0 unspecified atom stereocenters. The van der Waals surface area contributed by atoms with E-state index in [1.165, 1.54) is 12.1 Å². The topological polar surface area (TPSA) is 32.8 Å². The molecule has 0 N–H and O–H groups in total. The highest BCUT2D eigenvalue weighted by Gasteiger charge is 2.48. The van der Waals surface area contributed by atoms with Crippen molar-refractivity contribution in [3.05, 3.63) is 35.6 Å². The summed E-state index contributed by atoms with van der Waals surface area (Å²) in [4.78, 5) is 17.6. The molecular formula is C20H27FN2O2. The van der Waals surface area contributed by atoms with Crippen LogP contribution in [0.15, 0.2) is 24.3 Å². The van der Waals surface area contributed by atoms with E-state index in [0.717, 1.165) is 57.8 Å². The van der Waals surface area contributed by atoms with Gasteiger partial charge in [-0.25, -0.2) is 4.39 Å². The zero-order valence-electron chi connectivity index (χ0n) is 14.9. The number of halogens is 1. The summed E-state index contributed by atoms with van der Waals surface area (Å²) < 4.78 is 18.6. The molecule has 0 spiro atoms. The van der Waals surface area contributed by atoms with E-state index in [0.29, 0.717) is 17.9 Å². The number of ether oxygens (including phenoxy) is 1. The molecule has 4 atom stereocenters. The van der Waals surface area contributed by atoms with Crippen LogP contribution in [-0.2, 0) is 9.53 Å². The minimum Gasteiger partial charge on any atom is -0.379 e. The van der Waals surface area contributed by atoms with Gasteiger partial charge in [-0.05, 0) is 36.0 Å². The Bertz CT molecular complexity index is 615. The summed E-state index contributed by atoms with van der Waals surface area (Å²) in [6.07, 6.45) is 2.01. The Hall–Kier alpha value is -1.46. The molecule has 2 aliphatic heterocycles. The molecule has 1 amide bonds. The van der Waals surface area contributed by atoms with Crippen molar-refractivity contribution in [2.24, 2.45) is 11.8 Å². The molecule has 136 valence electrons. The largest absolute Gasteiger partial charge is 0.379 e. The highest BCUT2D eigenvalue weighted by Crippen LogP contribution is 2.49. The van der Waals surface area contributed by atoms with Crippen LogP contribution < -0.4 is 0 Å². The molecule has 3 aliphatic rings. The number of hydrogen-bond acceptors (Lipinski definition) is 3. The minimum atomic E-state index is -0.217. The number of nitrogens with zero attached hydrogens (tertiary/aromatic N) is 2. The Morgan fingerprint density at radius 3 is 2.60 bits per heavy atom. The van der Waals surface area contributed by atoms with Crippen molar-refractivity contribution in [1.82, 2.24) is 9.80 Å². The molecule has 4 rings (SSSR count). The van der Waals surface area contributed by atoms with E-state index in [1.807, 2.05) is 12.1 Å². The van der Waals surface area contributed by atoms with Gasteiger partial charge in [0.1, 0.15) is 5.82 Å². The van der Waals surface area contributed by atoms with Gasteiger partial charge in [0, 0.05) is 38.1 Å². The van der Waals surface area contributed by atoms with Crippen LogP contribution in [0.3, 0.4) is 0 Å². The van der Waals surface area contributed by atoms with E-state index in [9.17, 15) is 9.18 Å². The summed E-state index contributed by atoms with van der Waals surface area (Å²) in [7, 11) is 0. The molecule has 1 saturated carbocycles. The number of carbonyl (C=O) groups is 1. The number of hydrogen-bond donors (Lipinski definition) is 0. The maximum atomic E-state index is 13.1. The van der Waals surface area contributed by atoms with Crippen LogP contribution in [0.5, 0.6) is 0 Å². The molecule has 0 bridgehead atoms. The highest BCUT2D eigenvalue weighted by atomic mass is 19.1. The fourth-order valence-corrected chi connectivity index (χ4v) is 4.54. The predicted molar refractivity (Wildman–Crippen MR) is 93.8 cm³/mol.